The average molecular weight is 282 g/mol. The number of hydrogen-bond acceptors (Lipinski definition) is 4. The van der Waals surface area contributed by atoms with Gasteiger partial charge in [-0.3, -0.25) is 4.79 Å². The van der Waals surface area contributed by atoms with E-state index in [0.717, 1.165) is 26.1 Å². The largest absolute Gasteiger partial charge is 0.492 e. The summed E-state index contributed by atoms with van der Waals surface area (Å²) in [7, 11) is 0. The number of piperidine rings is 1. The smallest absolute Gasteiger partial charge is 0.270 e. The number of nitrogens with one attached hydrogen (secondary N) is 1. The Labute approximate surface area is 116 Å². The Morgan fingerprint density at radius 2 is 2.32 bits per heavy atom. The lowest BCUT2D eigenvalue weighted by atomic mass is 9.97. The summed E-state index contributed by atoms with van der Waals surface area (Å²) < 4.78 is 0. The average Bonchev–Trinajstić information content (AvgIpc) is 2.72. The molecule has 1 aromatic rings. The van der Waals surface area contributed by atoms with E-state index in [9.17, 15) is 9.90 Å². The zero-order valence-electron chi connectivity index (χ0n) is 10.5. The van der Waals surface area contributed by atoms with Crippen molar-refractivity contribution in [3.8, 4) is 5.88 Å². The highest BCUT2D eigenvalue weighted by molar-refractivity contribution is 6.31. The van der Waals surface area contributed by atoms with Gasteiger partial charge in [-0.25, -0.2) is 4.98 Å². The number of aromatic hydroxyl groups is 1. The van der Waals surface area contributed by atoms with Crippen molar-refractivity contribution in [2.24, 2.45) is 5.92 Å². The van der Waals surface area contributed by atoms with Crippen LogP contribution in [0.4, 0.5) is 0 Å². The number of amides is 1. The Hall–Kier alpha value is -1.33. The van der Waals surface area contributed by atoms with Crippen molar-refractivity contribution in [1.29, 1.82) is 0 Å². The van der Waals surface area contributed by atoms with Gasteiger partial charge >= 0.3 is 0 Å². The van der Waals surface area contributed by atoms with E-state index in [-0.39, 0.29) is 28.5 Å². The van der Waals surface area contributed by atoms with Crippen LogP contribution in [-0.2, 0) is 0 Å². The highest BCUT2D eigenvalue weighted by Gasteiger charge is 2.33. The van der Waals surface area contributed by atoms with Crippen LogP contribution in [0.3, 0.4) is 0 Å². The molecule has 2 aliphatic heterocycles. The normalized spacial score (nSPS) is 29.2. The van der Waals surface area contributed by atoms with E-state index >= 15 is 0 Å². The van der Waals surface area contributed by atoms with Gasteiger partial charge in [-0.05, 0) is 37.4 Å². The maximum Gasteiger partial charge on any atom is 0.270 e. The van der Waals surface area contributed by atoms with Crippen LogP contribution < -0.4 is 5.32 Å². The first-order valence-corrected chi connectivity index (χ1v) is 6.88. The van der Waals surface area contributed by atoms with Crippen LogP contribution in [0.1, 0.15) is 23.3 Å². The maximum atomic E-state index is 12.1. The molecule has 3 heterocycles. The van der Waals surface area contributed by atoms with Crippen LogP contribution in [0.5, 0.6) is 5.88 Å². The van der Waals surface area contributed by atoms with Crippen molar-refractivity contribution in [3.63, 3.8) is 0 Å². The Morgan fingerprint density at radius 1 is 1.47 bits per heavy atom. The van der Waals surface area contributed by atoms with Gasteiger partial charge in [-0.15, -0.1) is 0 Å². The maximum absolute atomic E-state index is 12.1. The van der Waals surface area contributed by atoms with Crippen molar-refractivity contribution in [1.82, 2.24) is 15.2 Å². The SMILES string of the molecule is O=C(N[C@@H]1C[C@@H]2CCN(C2)C1)c1ccc(Cl)c(O)n1. The quantitative estimate of drug-likeness (QED) is 0.857. The molecule has 2 bridgehead atoms. The molecule has 1 amide bonds. The first-order chi connectivity index (χ1) is 9.11. The number of rotatable bonds is 2. The number of aromatic nitrogens is 1. The summed E-state index contributed by atoms with van der Waals surface area (Å²) in [5.74, 6) is 0.145. The number of nitrogens with zero attached hydrogens (tertiary/aromatic N) is 2. The number of hydrogen-bond donors (Lipinski definition) is 2. The van der Waals surface area contributed by atoms with E-state index in [1.165, 1.54) is 18.6 Å². The van der Waals surface area contributed by atoms with E-state index in [1.54, 1.807) is 0 Å². The fraction of sp³-hybridized carbons (Fsp3) is 0.538. The summed E-state index contributed by atoms with van der Waals surface area (Å²) in [5.41, 5.74) is 0.204. The third-order valence-corrected chi connectivity index (χ3v) is 4.16. The third kappa shape index (κ3) is 2.67. The minimum atomic E-state index is -0.304. The molecule has 0 spiro atoms. The molecule has 0 aromatic carbocycles. The summed E-state index contributed by atoms with van der Waals surface area (Å²) in [6, 6.07) is 3.18. The van der Waals surface area contributed by atoms with Crippen LogP contribution in [0.2, 0.25) is 5.02 Å². The van der Waals surface area contributed by atoms with Gasteiger partial charge < -0.3 is 15.3 Å². The molecular formula is C13H16ClN3O2. The van der Waals surface area contributed by atoms with Gasteiger partial charge in [0.2, 0.25) is 5.88 Å². The molecule has 0 saturated carbocycles. The van der Waals surface area contributed by atoms with E-state index in [2.05, 4.69) is 15.2 Å². The molecule has 0 radical (unpaired) electrons. The van der Waals surface area contributed by atoms with E-state index in [4.69, 9.17) is 11.6 Å². The highest BCUT2D eigenvalue weighted by Crippen LogP contribution is 2.27. The van der Waals surface area contributed by atoms with Crippen molar-refractivity contribution < 1.29 is 9.90 Å². The van der Waals surface area contributed by atoms with Gasteiger partial charge in [0.1, 0.15) is 10.7 Å². The van der Waals surface area contributed by atoms with E-state index < -0.39 is 0 Å². The van der Waals surface area contributed by atoms with Gasteiger partial charge in [-0.1, -0.05) is 11.6 Å². The molecule has 6 heteroatoms. The van der Waals surface area contributed by atoms with Crippen LogP contribution >= 0.6 is 11.6 Å². The van der Waals surface area contributed by atoms with Crippen LogP contribution in [-0.4, -0.2) is 46.6 Å². The standard InChI is InChI=1S/C13H16ClN3O2/c14-10-1-2-11(16-12(10)18)13(19)15-9-5-8-3-4-17(6-8)7-9/h1-2,8-9H,3-7H2,(H,15,19)(H,16,18)/t8-,9+/m0/s1. The van der Waals surface area contributed by atoms with E-state index in [1.807, 2.05) is 0 Å². The lowest BCUT2D eigenvalue weighted by Gasteiger charge is -2.30. The second kappa shape index (κ2) is 4.98. The predicted molar refractivity (Wildman–Crippen MR) is 71.3 cm³/mol. The molecule has 19 heavy (non-hydrogen) atoms. The first kappa shape index (κ1) is 12.7. The van der Waals surface area contributed by atoms with Gasteiger partial charge in [0.05, 0.1) is 0 Å². The molecule has 2 N–H and O–H groups in total. The summed E-state index contributed by atoms with van der Waals surface area (Å²) in [6.07, 6.45) is 2.26. The fourth-order valence-electron chi connectivity index (χ4n) is 2.98. The molecule has 2 saturated heterocycles. The number of halogens is 1. The fourth-order valence-corrected chi connectivity index (χ4v) is 3.09. The summed E-state index contributed by atoms with van der Waals surface area (Å²) in [6.45, 7) is 3.20. The minimum absolute atomic E-state index is 0.151. The number of carbonyl (C=O) groups is 1. The van der Waals surface area contributed by atoms with Gasteiger partial charge in [0.25, 0.3) is 5.91 Å². The Bertz CT molecular complexity index is 497. The monoisotopic (exact) mass is 281 g/mol. The molecule has 0 aliphatic carbocycles. The zero-order valence-corrected chi connectivity index (χ0v) is 11.2. The molecular weight excluding hydrogens is 266 g/mol. The minimum Gasteiger partial charge on any atom is -0.492 e. The molecule has 2 aliphatic rings. The third-order valence-electron chi connectivity index (χ3n) is 3.86. The second-order valence-corrected chi connectivity index (χ2v) is 5.73. The van der Waals surface area contributed by atoms with Crippen LogP contribution in [0, 0.1) is 5.92 Å². The molecule has 5 nitrogen and oxygen atoms in total. The molecule has 2 fully saturated rings. The first-order valence-electron chi connectivity index (χ1n) is 6.50. The van der Waals surface area contributed by atoms with Crippen molar-refractivity contribution in [3.05, 3.63) is 22.8 Å². The van der Waals surface area contributed by atoms with Crippen molar-refractivity contribution >= 4 is 17.5 Å². The van der Waals surface area contributed by atoms with Crippen molar-refractivity contribution in [2.75, 3.05) is 19.6 Å². The lowest BCUT2D eigenvalue weighted by Crippen LogP contribution is -2.47. The molecule has 102 valence electrons. The zero-order chi connectivity index (χ0) is 13.4. The molecule has 1 aromatic heterocycles. The van der Waals surface area contributed by atoms with E-state index in [0.29, 0.717) is 5.92 Å². The van der Waals surface area contributed by atoms with Crippen LogP contribution in [0.25, 0.3) is 0 Å². The Kier molecular flexibility index (Phi) is 3.33. The highest BCUT2D eigenvalue weighted by atomic mass is 35.5. The molecule has 3 rings (SSSR count). The van der Waals surface area contributed by atoms with Gasteiger partial charge in [0.15, 0.2) is 0 Å². The number of fused-ring (bicyclic) bond motifs is 2. The van der Waals surface area contributed by atoms with Crippen LogP contribution in [0.15, 0.2) is 12.1 Å². The molecule has 3 atom stereocenters. The summed E-state index contributed by atoms with van der Waals surface area (Å²) in [4.78, 5) is 18.2. The predicted octanol–water partition coefficient (Wildman–Crippen LogP) is 1.26. The lowest BCUT2D eigenvalue weighted by molar-refractivity contribution is 0.0903. The van der Waals surface area contributed by atoms with Crippen molar-refractivity contribution in [2.45, 2.75) is 18.9 Å². The second-order valence-electron chi connectivity index (χ2n) is 5.32. The summed E-state index contributed by atoms with van der Waals surface area (Å²) in [5, 5.41) is 12.6. The van der Waals surface area contributed by atoms with Gasteiger partial charge in [-0.2, -0.15) is 0 Å². The Balaban J connectivity index is 1.66. The number of pyridine rings is 1. The Morgan fingerprint density at radius 3 is 3.05 bits per heavy atom. The summed E-state index contributed by atoms with van der Waals surface area (Å²) >= 11 is 5.67. The van der Waals surface area contributed by atoms with Gasteiger partial charge in [0, 0.05) is 19.1 Å². The molecule has 1 unspecified atom stereocenters. The number of carbonyl (C=O) groups excluding carboxylic acids is 1. The topological polar surface area (TPSA) is 65.5 Å².